The van der Waals surface area contributed by atoms with Gasteiger partial charge in [-0.15, -0.1) is 0 Å². The van der Waals surface area contributed by atoms with Crippen molar-refractivity contribution >= 4 is 60.7 Å². The Morgan fingerprint density at radius 1 is 0.823 bits per heavy atom. The Morgan fingerprint density at radius 2 is 1.56 bits per heavy atom. The molecular weight excluding hydrogens is 785 g/mol. The van der Waals surface area contributed by atoms with Gasteiger partial charge in [-0.3, -0.25) is 4.79 Å². The summed E-state index contributed by atoms with van der Waals surface area (Å²) < 4.78 is 18.6. The Labute approximate surface area is 356 Å². The highest BCUT2D eigenvalue weighted by molar-refractivity contribution is 6.21. The highest BCUT2D eigenvalue weighted by Crippen LogP contribution is 2.45. The molecule has 1 amide bonds. The lowest BCUT2D eigenvalue weighted by atomic mass is 9.96. The van der Waals surface area contributed by atoms with Crippen molar-refractivity contribution in [2.45, 2.75) is 40.2 Å². The molecule has 0 fully saturated rings. The molecule has 0 radical (unpaired) electrons. The predicted octanol–water partition coefficient (Wildman–Crippen LogP) is 8.99. The van der Waals surface area contributed by atoms with E-state index in [9.17, 15) is 24.9 Å². The van der Waals surface area contributed by atoms with Gasteiger partial charge < -0.3 is 48.4 Å². The van der Waals surface area contributed by atoms with Crippen LogP contribution in [0.1, 0.15) is 51.9 Å². The van der Waals surface area contributed by atoms with E-state index in [0.717, 1.165) is 57.3 Å². The SMILES string of the molecule is C.CN1c2ccccc2C(=O)N2CCc3c([nH]c4ccccc34)C21.COc1cc2c(cc1C)oc(=O)c1c2c(-c2ccc(O)c(OC)c2)c2c3cc(CO)c(CO)cc3ccn21. The van der Waals surface area contributed by atoms with Crippen molar-refractivity contribution < 1.29 is 34.0 Å². The first-order chi connectivity index (χ1) is 29.6. The Morgan fingerprint density at radius 3 is 2.34 bits per heavy atom. The molecule has 62 heavy (non-hydrogen) atoms. The molecule has 12 nitrogen and oxygen atoms in total. The number of methoxy groups -OCH3 is 2. The molecule has 2 aliphatic rings. The second-order valence-electron chi connectivity index (χ2n) is 15.6. The van der Waals surface area contributed by atoms with Gasteiger partial charge in [-0.05, 0) is 107 Å². The lowest BCUT2D eigenvalue weighted by Gasteiger charge is -2.46. The number of fused-ring (bicyclic) bond motifs is 13. The van der Waals surface area contributed by atoms with Gasteiger partial charge in [0.25, 0.3) is 5.91 Å². The minimum absolute atomic E-state index is 0. The number of phenolic OH excluding ortho intramolecular Hbond substituents is 1. The molecule has 6 heterocycles. The Balaban J connectivity index is 0.000000174. The van der Waals surface area contributed by atoms with E-state index in [0.29, 0.717) is 49.8 Å². The second kappa shape index (κ2) is 15.3. The van der Waals surface area contributed by atoms with E-state index in [-0.39, 0.29) is 44.2 Å². The quantitative estimate of drug-likeness (QED) is 0.125. The minimum Gasteiger partial charge on any atom is -0.504 e. The van der Waals surface area contributed by atoms with Crippen LogP contribution in [-0.2, 0) is 19.6 Å². The number of rotatable bonds is 5. The van der Waals surface area contributed by atoms with Crippen molar-refractivity contribution in [1.29, 1.82) is 0 Å². The normalized spacial score (nSPS) is 14.4. The van der Waals surface area contributed by atoms with Gasteiger partial charge in [0.05, 0.1) is 49.9 Å². The van der Waals surface area contributed by atoms with Crippen LogP contribution in [0.5, 0.6) is 17.2 Å². The molecule has 4 N–H and O–H groups in total. The van der Waals surface area contributed by atoms with Crippen LogP contribution in [0, 0.1) is 6.92 Å². The number of hydrogen-bond acceptors (Lipinski definition) is 9. The van der Waals surface area contributed by atoms with E-state index >= 15 is 0 Å². The number of nitrogens with one attached hydrogen (secondary N) is 1. The van der Waals surface area contributed by atoms with Gasteiger partial charge in [-0.25, -0.2) is 4.79 Å². The summed E-state index contributed by atoms with van der Waals surface area (Å²) in [4.78, 5) is 34.2. The number of nitrogens with zero attached hydrogens (tertiary/aromatic N) is 3. The highest BCUT2D eigenvalue weighted by Gasteiger charge is 2.41. The molecule has 1 atom stereocenters. The molecule has 1 unspecified atom stereocenters. The number of aromatic hydroxyl groups is 1. The maximum atomic E-state index is 13.5. The fraction of sp³-hybridized carbons (Fsp3) is 0.200. The second-order valence-corrected chi connectivity index (χ2v) is 15.6. The largest absolute Gasteiger partial charge is 0.504 e. The van der Waals surface area contributed by atoms with Gasteiger partial charge >= 0.3 is 5.63 Å². The Kier molecular flexibility index (Phi) is 9.92. The number of ether oxygens (including phenoxy) is 2. The topological polar surface area (TPSA) is 153 Å². The number of amides is 1. The number of pyridine rings is 1. The number of aromatic amines is 1. The summed E-state index contributed by atoms with van der Waals surface area (Å²) >= 11 is 0. The third-order valence-corrected chi connectivity index (χ3v) is 12.4. The number of carbonyl (C=O) groups excluding carboxylic acids is 1. The smallest absolute Gasteiger partial charge is 0.361 e. The number of anilines is 1. The van der Waals surface area contributed by atoms with E-state index in [1.165, 1.54) is 18.1 Å². The van der Waals surface area contributed by atoms with Crippen LogP contribution in [0.2, 0.25) is 0 Å². The Bertz CT molecular complexity index is 3330. The van der Waals surface area contributed by atoms with Crippen LogP contribution in [0.3, 0.4) is 0 Å². The Hall–Kier alpha value is -7.28. The number of para-hydroxylation sites is 2. The number of aliphatic hydroxyl groups is 2. The number of H-pyrrole nitrogens is 1. The molecule has 0 aliphatic carbocycles. The van der Waals surface area contributed by atoms with Crippen LogP contribution < -0.4 is 20.0 Å². The van der Waals surface area contributed by atoms with Crippen molar-refractivity contribution in [2.24, 2.45) is 0 Å². The van der Waals surface area contributed by atoms with Gasteiger partial charge in [-0.1, -0.05) is 43.8 Å². The number of benzene rings is 5. The van der Waals surface area contributed by atoms with E-state index in [2.05, 4.69) is 35.1 Å². The molecule has 5 aromatic carbocycles. The van der Waals surface area contributed by atoms with Crippen LogP contribution in [-0.4, -0.2) is 63.3 Å². The minimum atomic E-state index is -0.502. The van der Waals surface area contributed by atoms with Crippen molar-refractivity contribution in [3.8, 4) is 28.4 Å². The molecule has 314 valence electrons. The van der Waals surface area contributed by atoms with Crippen LogP contribution >= 0.6 is 0 Å². The predicted molar refractivity (Wildman–Crippen MR) is 243 cm³/mol. The molecule has 4 aromatic heterocycles. The lowest BCUT2D eigenvalue weighted by molar-refractivity contribution is 0.0634. The van der Waals surface area contributed by atoms with Crippen LogP contribution in [0.4, 0.5) is 5.69 Å². The van der Waals surface area contributed by atoms with E-state index in [1.807, 2.05) is 66.4 Å². The zero-order valence-electron chi connectivity index (χ0n) is 33.9. The van der Waals surface area contributed by atoms with Gasteiger partial charge in [-0.2, -0.15) is 0 Å². The van der Waals surface area contributed by atoms with E-state index < -0.39 is 5.63 Å². The molecule has 0 saturated carbocycles. The summed E-state index contributed by atoms with van der Waals surface area (Å²) in [5.41, 5.74) is 9.91. The highest BCUT2D eigenvalue weighted by atomic mass is 16.5. The van der Waals surface area contributed by atoms with Gasteiger partial charge in [0.2, 0.25) is 0 Å². The lowest BCUT2D eigenvalue weighted by Crippen LogP contribution is -2.51. The van der Waals surface area contributed by atoms with Crippen LogP contribution in [0.15, 0.2) is 112 Å². The summed E-state index contributed by atoms with van der Waals surface area (Å²) in [6.45, 7) is 2.18. The number of aliphatic hydroxyl groups excluding tert-OH is 2. The number of phenols is 1. The standard InChI is InChI=1S/C30H25NO7.C19H17N3O.CH4/c1-15-8-24-21(12-23(15)36-2)27-26(17-4-5-22(34)25(11-17)37-3)28-20-10-19(14-33)18(13-32)9-16(20)6-7-31(28)29(27)30(35)38-24;1-21-16-9-5-3-7-14(16)19(23)22-11-10-13-12-6-2-4-8-15(12)20-17(13)18(21)22;/h4-12,32-34H,13-14H2,1-3H3;2-9,18,20H,10-11H2,1H3;1H4. The summed E-state index contributed by atoms with van der Waals surface area (Å²) in [6.07, 6.45) is 2.65. The molecule has 9 aromatic rings. The molecule has 0 spiro atoms. The van der Waals surface area contributed by atoms with Gasteiger partial charge in [0, 0.05) is 52.4 Å². The van der Waals surface area contributed by atoms with Crippen molar-refractivity contribution in [1.82, 2.24) is 14.3 Å². The number of hydrogen-bond donors (Lipinski definition) is 4. The van der Waals surface area contributed by atoms with Gasteiger partial charge in [0.15, 0.2) is 11.5 Å². The fourth-order valence-electron chi connectivity index (χ4n) is 9.47. The molecule has 0 bridgehead atoms. The van der Waals surface area contributed by atoms with Crippen molar-refractivity contribution in [2.75, 3.05) is 32.7 Å². The number of aryl methyl sites for hydroxylation is 1. The maximum Gasteiger partial charge on any atom is 0.361 e. The first-order valence-corrected chi connectivity index (χ1v) is 20.0. The monoisotopic (exact) mass is 830 g/mol. The molecule has 12 heteroatoms. The molecule has 11 rings (SSSR count). The molecular formula is C50H46N4O8. The van der Waals surface area contributed by atoms with Crippen molar-refractivity contribution in [3.63, 3.8) is 0 Å². The summed E-state index contributed by atoms with van der Waals surface area (Å²) in [6, 6.07) is 30.5. The summed E-state index contributed by atoms with van der Waals surface area (Å²) in [7, 11) is 5.14. The third kappa shape index (κ3) is 5.97. The van der Waals surface area contributed by atoms with E-state index in [4.69, 9.17) is 13.9 Å². The first kappa shape index (κ1) is 40.1. The summed E-state index contributed by atoms with van der Waals surface area (Å²) in [5, 5.41) is 34.4. The fourth-order valence-corrected chi connectivity index (χ4v) is 9.47. The van der Waals surface area contributed by atoms with E-state index in [1.54, 1.807) is 42.0 Å². The van der Waals surface area contributed by atoms with Crippen molar-refractivity contribution in [3.05, 3.63) is 147 Å². The number of aromatic nitrogens is 2. The zero-order chi connectivity index (χ0) is 42.3. The van der Waals surface area contributed by atoms with Gasteiger partial charge in [0.1, 0.15) is 23.0 Å². The third-order valence-electron chi connectivity index (χ3n) is 12.4. The van der Waals surface area contributed by atoms with Crippen LogP contribution in [0.25, 0.3) is 60.2 Å². The zero-order valence-corrected chi connectivity index (χ0v) is 33.9. The average Bonchev–Trinajstić information content (AvgIpc) is 3.85. The average molecular weight is 831 g/mol. The summed E-state index contributed by atoms with van der Waals surface area (Å²) in [5.74, 6) is 1.06. The molecule has 2 aliphatic heterocycles. The first-order valence-electron chi connectivity index (χ1n) is 20.0. The number of carbonyl (C=O) groups is 1. The maximum absolute atomic E-state index is 13.5. The molecule has 0 saturated heterocycles.